The van der Waals surface area contributed by atoms with E-state index in [1.807, 2.05) is 36.1 Å². The van der Waals surface area contributed by atoms with Gasteiger partial charge in [0.05, 0.1) is 32.2 Å². The van der Waals surface area contributed by atoms with Gasteiger partial charge in [-0.2, -0.15) is 0 Å². The number of amides is 1. The van der Waals surface area contributed by atoms with Crippen LogP contribution in [0, 0.1) is 6.92 Å². The van der Waals surface area contributed by atoms with Gasteiger partial charge in [0, 0.05) is 30.7 Å². The minimum atomic E-state index is 0.0963. The largest absolute Gasteiger partial charge is 0.497 e. The summed E-state index contributed by atoms with van der Waals surface area (Å²) in [6.07, 6.45) is 2.74. The van der Waals surface area contributed by atoms with Crippen LogP contribution in [0.2, 0.25) is 0 Å². The maximum absolute atomic E-state index is 12.9. The summed E-state index contributed by atoms with van der Waals surface area (Å²) in [4.78, 5) is 26.5. The Balaban J connectivity index is 1.44. The van der Waals surface area contributed by atoms with Crippen molar-refractivity contribution in [2.45, 2.75) is 38.4 Å². The number of rotatable bonds is 5. The summed E-state index contributed by atoms with van der Waals surface area (Å²) in [6.45, 7) is 5.66. The number of methoxy groups -OCH3 is 2. The molecule has 3 heterocycles. The molecule has 4 rings (SSSR count). The van der Waals surface area contributed by atoms with Crippen molar-refractivity contribution in [2.24, 2.45) is 0 Å². The van der Waals surface area contributed by atoms with E-state index in [2.05, 4.69) is 21.8 Å². The third kappa shape index (κ3) is 3.20. The molecular weight excluding hydrogens is 356 g/mol. The van der Waals surface area contributed by atoms with Crippen LogP contribution in [0.3, 0.4) is 0 Å². The third-order valence-corrected chi connectivity index (χ3v) is 5.92. The second kappa shape index (κ2) is 7.39. The number of carbonyl (C=O) groups excluding carboxylic acids is 1. The molecule has 0 spiro atoms. The van der Waals surface area contributed by atoms with Crippen LogP contribution >= 0.6 is 0 Å². The van der Waals surface area contributed by atoms with Crippen LogP contribution in [0.5, 0.6) is 11.5 Å². The van der Waals surface area contributed by atoms with Crippen molar-refractivity contribution in [1.82, 2.24) is 19.8 Å². The van der Waals surface area contributed by atoms with Gasteiger partial charge in [0.25, 0.3) is 5.91 Å². The van der Waals surface area contributed by atoms with Crippen molar-refractivity contribution in [2.75, 3.05) is 27.3 Å². The lowest BCUT2D eigenvalue weighted by atomic mass is 10.1. The van der Waals surface area contributed by atoms with Crippen LogP contribution in [0.1, 0.15) is 41.3 Å². The van der Waals surface area contributed by atoms with Gasteiger partial charge >= 0.3 is 0 Å². The molecule has 2 aliphatic rings. The lowest BCUT2D eigenvalue weighted by Gasteiger charge is -2.37. The van der Waals surface area contributed by atoms with Gasteiger partial charge in [-0.1, -0.05) is 0 Å². The van der Waals surface area contributed by atoms with Crippen LogP contribution in [0.15, 0.2) is 30.5 Å². The molecule has 0 N–H and O–H groups in total. The molecule has 1 amide bonds. The first-order valence-electron chi connectivity index (χ1n) is 9.60. The number of nitrogens with zero attached hydrogens (tertiary/aromatic N) is 4. The zero-order chi connectivity index (χ0) is 19.8. The second-order valence-corrected chi connectivity index (χ2v) is 7.48. The minimum Gasteiger partial charge on any atom is -0.497 e. The second-order valence-electron chi connectivity index (χ2n) is 7.48. The Bertz CT molecular complexity index is 870. The van der Waals surface area contributed by atoms with Gasteiger partial charge in [0.15, 0.2) is 5.75 Å². The monoisotopic (exact) mass is 382 g/mol. The fraction of sp³-hybridized carbons (Fsp3) is 0.476. The summed E-state index contributed by atoms with van der Waals surface area (Å²) in [5.74, 6) is 2.36. The number of ether oxygens (including phenoxy) is 2. The average molecular weight is 382 g/mol. The predicted molar refractivity (Wildman–Crippen MR) is 105 cm³/mol. The van der Waals surface area contributed by atoms with Gasteiger partial charge in [-0.3, -0.25) is 9.69 Å². The molecule has 2 bridgehead atoms. The maximum atomic E-state index is 12.9. The first kappa shape index (κ1) is 18.7. The van der Waals surface area contributed by atoms with Crippen LogP contribution in [-0.4, -0.2) is 65.1 Å². The number of fused-ring (bicyclic) bond motifs is 2. The molecular formula is C21H26N4O3. The van der Waals surface area contributed by atoms with Crippen LogP contribution in [-0.2, 0) is 0 Å². The molecule has 3 atom stereocenters. The summed E-state index contributed by atoms with van der Waals surface area (Å²) in [7, 11) is 3.25. The summed E-state index contributed by atoms with van der Waals surface area (Å²) >= 11 is 0. The first-order valence-corrected chi connectivity index (χ1v) is 9.60. The van der Waals surface area contributed by atoms with Crippen molar-refractivity contribution in [1.29, 1.82) is 0 Å². The van der Waals surface area contributed by atoms with E-state index in [0.29, 0.717) is 17.4 Å². The van der Waals surface area contributed by atoms with Gasteiger partial charge in [-0.25, -0.2) is 9.97 Å². The summed E-state index contributed by atoms with van der Waals surface area (Å²) in [5, 5.41) is 0. The van der Waals surface area contributed by atoms with Crippen molar-refractivity contribution in [3.8, 4) is 11.5 Å². The highest BCUT2D eigenvalue weighted by molar-refractivity contribution is 5.95. The SMILES string of the molecule is COc1ccc(C(=O)N2C[C@H]3C[C@@H]2CN3[C@@H](C)c2ncc(OC)c(C)n2)cc1. The molecule has 2 aliphatic heterocycles. The van der Waals surface area contributed by atoms with Crippen LogP contribution in [0.4, 0.5) is 0 Å². The molecule has 0 unspecified atom stereocenters. The highest BCUT2D eigenvalue weighted by Crippen LogP contribution is 2.37. The van der Waals surface area contributed by atoms with Gasteiger partial charge in [-0.05, 0) is 44.5 Å². The number of carbonyl (C=O) groups is 1. The Kier molecular flexibility index (Phi) is 4.93. The van der Waals surface area contributed by atoms with Gasteiger partial charge < -0.3 is 14.4 Å². The Morgan fingerprint density at radius 1 is 1.14 bits per heavy atom. The molecule has 2 saturated heterocycles. The maximum Gasteiger partial charge on any atom is 0.254 e. The highest BCUT2D eigenvalue weighted by Gasteiger charge is 2.47. The summed E-state index contributed by atoms with van der Waals surface area (Å²) in [6, 6.07) is 8.02. The number of piperazine rings is 1. The van der Waals surface area contributed by atoms with Crippen LogP contribution < -0.4 is 9.47 Å². The molecule has 7 nitrogen and oxygen atoms in total. The fourth-order valence-corrected chi connectivity index (χ4v) is 4.34. The number of hydrogen-bond donors (Lipinski definition) is 0. The summed E-state index contributed by atoms with van der Waals surface area (Å²) < 4.78 is 10.4. The molecule has 2 fully saturated rings. The molecule has 28 heavy (non-hydrogen) atoms. The molecule has 1 aromatic carbocycles. The van der Waals surface area contributed by atoms with Crippen molar-refractivity contribution >= 4 is 5.91 Å². The van der Waals surface area contributed by atoms with Crippen molar-refractivity contribution in [3.05, 3.63) is 47.5 Å². The Morgan fingerprint density at radius 2 is 1.89 bits per heavy atom. The average Bonchev–Trinajstić information content (AvgIpc) is 3.33. The lowest BCUT2D eigenvalue weighted by Crippen LogP contribution is -2.49. The number of aromatic nitrogens is 2. The summed E-state index contributed by atoms with van der Waals surface area (Å²) in [5.41, 5.74) is 1.56. The normalized spacial score (nSPS) is 22.4. The van der Waals surface area contributed by atoms with E-state index in [1.54, 1.807) is 20.4 Å². The Morgan fingerprint density at radius 3 is 2.46 bits per heavy atom. The zero-order valence-corrected chi connectivity index (χ0v) is 16.8. The molecule has 2 aromatic rings. The Labute approximate surface area is 165 Å². The minimum absolute atomic E-state index is 0.0963. The fourth-order valence-electron chi connectivity index (χ4n) is 4.34. The zero-order valence-electron chi connectivity index (χ0n) is 16.8. The number of benzene rings is 1. The molecule has 148 valence electrons. The molecule has 0 saturated carbocycles. The molecule has 7 heteroatoms. The first-order chi connectivity index (χ1) is 13.5. The number of likely N-dealkylation sites (tertiary alicyclic amines) is 2. The van der Waals surface area contributed by atoms with Crippen LogP contribution in [0.25, 0.3) is 0 Å². The van der Waals surface area contributed by atoms with E-state index in [1.165, 1.54) is 0 Å². The van der Waals surface area contributed by atoms with Gasteiger partial charge in [0.2, 0.25) is 0 Å². The predicted octanol–water partition coefficient (Wildman–Crippen LogP) is 2.46. The smallest absolute Gasteiger partial charge is 0.254 e. The topological polar surface area (TPSA) is 67.8 Å². The quantitative estimate of drug-likeness (QED) is 0.791. The van der Waals surface area contributed by atoms with Crippen molar-refractivity contribution in [3.63, 3.8) is 0 Å². The van der Waals surface area contributed by atoms with Gasteiger partial charge in [-0.15, -0.1) is 0 Å². The Hall–Kier alpha value is -2.67. The molecule has 1 aromatic heterocycles. The number of aryl methyl sites for hydroxylation is 1. The van der Waals surface area contributed by atoms with E-state index in [9.17, 15) is 4.79 Å². The molecule has 0 aliphatic carbocycles. The highest BCUT2D eigenvalue weighted by atomic mass is 16.5. The van der Waals surface area contributed by atoms with E-state index in [0.717, 1.165) is 36.8 Å². The van der Waals surface area contributed by atoms with E-state index in [4.69, 9.17) is 9.47 Å². The lowest BCUT2D eigenvalue weighted by molar-refractivity contribution is 0.0562. The number of hydrogen-bond acceptors (Lipinski definition) is 6. The van der Waals surface area contributed by atoms with Crippen molar-refractivity contribution < 1.29 is 14.3 Å². The van der Waals surface area contributed by atoms with Gasteiger partial charge in [0.1, 0.15) is 11.6 Å². The van der Waals surface area contributed by atoms with E-state index in [-0.39, 0.29) is 18.0 Å². The van der Waals surface area contributed by atoms with E-state index >= 15 is 0 Å². The molecule has 0 radical (unpaired) electrons. The third-order valence-electron chi connectivity index (χ3n) is 5.92. The van der Waals surface area contributed by atoms with E-state index < -0.39 is 0 Å². The standard InChI is InChI=1S/C21H26N4O3/c1-13-19(28-4)10-22-20(23-13)14(2)24-11-17-9-16(24)12-25(17)21(26)15-5-7-18(27-3)8-6-15/h5-8,10,14,16-17H,9,11-12H2,1-4H3/t14-,16+,17+/m0/s1.